The first kappa shape index (κ1) is 14.5. The summed E-state index contributed by atoms with van der Waals surface area (Å²) in [6.45, 7) is 1.55. The number of hydrogen-bond donors (Lipinski definition) is 1. The maximum Gasteiger partial charge on any atom is 0.133 e. The first-order valence-corrected chi connectivity index (χ1v) is 8.61. The average Bonchev–Trinajstić information content (AvgIpc) is 3.04. The van der Waals surface area contributed by atoms with Gasteiger partial charge in [0.1, 0.15) is 5.82 Å². The Balaban J connectivity index is 1.79. The van der Waals surface area contributed by atoms with Crippen LogP contribution in [0.5, 0.6) is 0 Å². The number of aryl methyl sites for hydroxylation is 2. The Labute approximate surface area is 130 Å². The second-order valence-corrected chi connectivity index (χ2v) is 6.77. The molecule has 0 radical (unpaired) electrons. The van der Waals surface area contributed by atoms with E-state index in [4.69, 9.17) is 10.7 Å². The quantitative estimate of drug-likeness (QED) is 0.922. The summed E-state index contributed by atoms with van der Waals surface area (Å²) in [6, 6.07) is 6.60. The van der Waals surface area contributed by atoms with Crippen LogP contribution in [0.1, 0.15) is 34.5 Å². The van der Waals surface area contributed by atoms with Crippen LogP contribution in [0.25, 0.3) is 0 Å². The van der Waals surface area contributed by atoms with Crippen LogP contribution < -0.4 is 10.6 Å². The summed E-state index contributed by atoms with van der Waals surface area (Å²) in [5.74, 6) is 1.08. The van der Waals surface area contributed by atoms with Crippen molar-refractivity contribution < 1.29 is 0 Å². The van der Waals surface area contributed by atoms with Crippen molar-refractivity contribution in [2.75, 3.05) is 18.5 Å². The molecule has 2 aromatic heterocycles. The van der Waals surface area contributed by atoms with Crippen LogP contribution in [0.2, 0.25) is 0 Å². The predicted octanol–water partition coefficient (Wildman–Crippen LogP) is 3.16. The van der Waals surface area contributed by atoms with E-state index in [9.17, 15) is 0 Å². The zero-order valence-corrected chi connectivity index (χ0v) is 13.5. The molecule has 0 aromatic carbocycles. The fraction of sp³-hybridized carbons (Fsp3) is 0.471. The third-order valence-electron chi connectivity index (χ3n) is 4.21. The summed E-state index contributed by atoms with van der Waals surface area (Å²) >= 11 is 1.82. The molecule has 2 aromatic rings. The Bertz CT molecular complexity index is 592. The van der Waals surface area contributed by atoms with Crippen LogP contribution in [0.4, 0.5) is 5.82 Å². The Morgan fingerprint density at radius 3 is 2.95 bits per heavy atom. The standard InChI is InChI=1S/C17H23N3S/c1-20(9-8-15-6-4-10-21-15)17-14(12-18)11-13-5-2-3-7-16(13)19-17/h4,6,10-11H,2-3,5,7-9,12,18H2,1H3. The van der Waals surface area contributed by atoms with E-state index in [1.165, 1.54) is 34.5 Å². The largest absolute Gasteiger partial charge is 0.359 e. The molecule has 2 N–H and O–H groups in total. The summed E-state index contributed by atoms with van der Waals surface area (Å²) in [4.78, 5) is 8.62. The van der Waals surface area contributed by atoms with E-state index >= 15 is 0 Å². The van der Waals surface area contributed by atoms with Crippen LogP contribution in [-0.2, 0) is 25.8 Å². The van der Waals surface area contributed by atoms with Gasteiger partial charge in [-0.25, -0.2) is 4.98 Å². The van der Waals surface area contributed by atoms with Crippen molar-refractivity contribution in [3.63, 3.8) is 0 Å². The van der Waals surface area contributed by atoms with Crippen LogP contribution in [0.3, 0.4) is 0 Å². The molecule has 0 saturated heterocycles. The van der Waals surface area contributed by atoms with Crippen LogP contribution in [0.15, 0.2) is 23.6 Å². The number of fused-ring (bicyclic) bond motifs is 1. The predicted molar refractivity (Wildman–Crippen MR) is 90.1 cm³/mol. The first-order valence-electron chi connectivity index (χ1n) is 7.73. The fourth-order valence-electron chi connectivity index (χ4n) is 2.99. The average molecular weight is 301 g/mol. The van der Waals surface area contributed by atoms with Gasteiger partial charge in [0.25, 0.3) is 0 Å². The minimum Gasteiger partial charge on any atom is -0.359 e. The molecule has 112 valence electrons. The van der Waals surface area contributed by atoms with Crippen LogP contribution >= 0.6 is 11.3 Å². The van der Waals surface area contributed by atoms with E-state index in [0.29, 0.717) is 6.54 Å². The normalized spacial score (nSPS) is 14.0. The molecule has 3 rings (SSSR count). The Hall–Kier alpha value is -1.39. The first-order chi connectivity index (χ1) is 10.3. The zero-order valence-electron chi connectivity index (χ0n) is 12.6. The minimum atomic E-state index is 0.568. The number of likely N-dealkylation sites (N-methyl/N-ethyl adjacent to an activating group) is 1. The monoisotopic (exact) mass is 301 g/mol. The third kappa shape index (κ3) is 3.27. The van der Waals surface area contributed by atoms with Crippen molar-refractivity contribution in [2.45, 2.75) is 38.6 Å². The van der Waals surface area contributed by atoms with Crippen molar-refractivity contribution in [2.24, 2.45) is 5.73 Å². The van der Waals surface area contributed by atoms with Crippen molar-refractivity contribution in [1.29, 1.82) is 0 Å². The van der Waals surface area contributed by atoms with E-state index in [2.05, 4.69) is 35.5 Å². The van der Waals surface area contributed by atoms with Gasteiger partial charge in [-0.15, -0.1) is 11.3 Å². The summed E-state index contributed by atoms with van der Waals surface area (Å²) in [6.07, 6.45) is 5.89. The molecule has 0 saturated carbocycles. The lowest BCUT2D eigenvalue weighted by Gasteiger charge is -2.24. The lowest BCUT2D eigenvalue weighted by molar-refractivity contribution is 0.663. The molecule has 0 unspecified atom stereocenters. The van der Waals surface area contributed by atoms with Crippen molar-refractivity contribution >= 4 is 17.2 Å². The minimum absolute atomic E-state index is 0.568. The van der Waals surface area contributed by atoms with Crippen LogP contribution in [0, 0.1) is 0 Å². The van der Waals surface area contributed by atoms with Crippen molar-refractivity contribution in [1.82, 2.24) is 4.98 Å². The summed E-state index contributed by atoms with van der Waals surface area (Å²) in [5.41, 5.74) is 9.83. The molecule has 2 heterocycles. The van der Waals surface area contributed by atoms with E-state index in [1.54, 1.807) is 0 Å². The highest BCUT2D eigenvalue weighted by Gasteiger charge is 2.16. The van der Waals surface area contributed by atoms with E-state index in [-0.39, 0.29) is 0 Å². The smallest absolute Gasteiger partial charge is 0.133 e. The number of anilines is 1. The molecule has 4 heteroatoms. The summed E-state index contributed by atoms with van der Waals surface area (Å²) in [5, 5.41) is 2.14. The molecular formula is C17H23N3S. The molecule has 0 atom stereocenters. The zero-order chi connectivity index (χ0) is 14.7. The van der Waals surface area contributed by atoms with E-state index in [0.717, 1.165) is 31.6 Å². The van der Waals surface area contributed by atoms with Gasteiger partial charge in [0.05, 0.1) is 0 Å². The molecule has 1 aliphatic rings. The van der Waals surface area contributed by atoms with Gasteiger partial charge in [-0.05, 0) is 55.2 Å². The highest BCUT2D eigenvalue weighted by Crippen LogP contribution is 2.26. The van der Waals surface area contributed by atoms with Gasteiger partial charge in [-0.1, -0.05) is 6.07 Å². The fourth-order valence-corrected chi connectivity index (χ4v) is 3.69. The second kappa shape index (κ2) is 6.58. The van der Waals surface area contributed by atoms with Gasteiger partial charge < -0.3 is 10.6 Å². The van der Waals surface area contributed by atoms with Gasteiger partial charge in [-0.2, -0.15) is 0 Å². The van der Waals surface area contributed by atoms with Gasteiger partial charge in [0.15, 0.2) is 0 Å². The lowest BCUT2D eigenvalue weighted by Crippen LogP contribution is -2.24. The highest BCUT2D eigenvalue weighted by molar-refractivity contribution is 7.09. The van der Waals surface area contributed by atoms with Gasteiger partial charge in [0.2, 0.25) is 0 Å². The van der Waals surface area contributed by atoms with Gasteiger partial charge in [-0.3, -0.25) is 0 Å². The number of nitrogens with two attached hydrogens (primary N) is 1. The molecule has 0 fully saturated rings. The second-order valence-electron chi connectivity index (χ2n) is 5.74. The molecule has 0 spiro atoms. The van der Waals surface area contributed by atoms with Gasteiger partial charge >= 0.3 is 0 Å². The number of pyridine rings is 1. The third-order valence-corrected chi connectivity index (χ3v) is 5.15. The summed E-state index contributed by atoms with van der Waals surface area (Å²) < 4.78 is 0. The maximum atomic E-state index is 5.95. The number of rotatable bonds is 5. The molecule has 0 amide bonds. The van der Waals surface area contributed by atoms with E-state index < -0.39 is 0 Å². The SMILES string of the molecule is CN(CCc1cccs1)c1nc2c(cc1CN)CCCC2. The van der Waals surface area contributed by atoms with Gasteiger partial charge in [0, 0.05) is 36.3 Å². The molecule has 3 nitrogen and oxygen atoms in total. The Morgan fingerprint density at radius 2 is 2.19 bits per heavy atom. The number of hydrogen-bond acceptors (Lipinski definition) is 4. The highest BCUT2D eigenvalue weighted by atomic mass is 32.1. The van der Waals surface area contributed by atoms with Crippen molar-refractivity contribution in [3.05, 3.63) is 45.3 Å². The van der Waals surface area contributed by atoms with E-state index in [1.807, 2.05) is 11.3 Å². The molecule has 0 bridgehead atoms. The van der Waals surface area contributed by atoms with Crippen LogP contribution in [-0.4, -0.2) is 18.6 Å². The number of nitrogens with zero attached hydrogens (tertiary/aromatic N) is 2. The Morgan fingerprint density at radius 1 is 1.33 bits per heavy atom. The number of thiophene rings is 1. The summed E-state index contributed by atoms with van der Waals surface area (Å²) in [7, 11) is 2.13. The molecule has 1 aliphatic carbocycles. The number of aromatic nitrogens is 1. The molecule has 0 aliphatic heterocycles. The topological polar surface area (TPSA) is 42.2 Å². The molecular weight excluding hydrogens is 278 g/mol. The maximum absolute atomic E-state index is 5.95. The lowest BCUT2D eigenvalue weighted by atomic mass is 9.94. The van der Waals surface area contributed by atoms with Crippen molar-refractivity contribution in [3.8, 4) is 0 Å². The molecule has 21 heavy (non-hydrogen) atoms. The Kier molecular flexibility index (Phi) is 4.56.